The molecule has 2 aromatic carbocycles. The molecule has 0 aliphatic rings. The molecule has 0 aliphatic heterocycles. The number of benzene rings is 2. The summed E-state index contributed by atoms with van der Waals surface area (Å²) < 4.78 is 0. The maximum atomic E-state index is 12.1. The Morgan fingerprint density at radius 1 is 0.957 bits per heavy atom. The predicted octanol–water partition coefficient (Wildman–Crippen LogP) is 4.38. The van der Waals surface area contributed by atoms with Crippen LogP contribution >= 0.6 is 0 Å². The van der Waals surface area contributed by atoms with Gasteiger partial charge in [-0.2, -0.15) is 0 Å². The van der Waals surface area contributed by atoms with Crippen LogP contribution in [-0.4, -0.2) is 12.1 Å². The standard InChI is InChI=1S/C20H26N2O/c1-15-9-7-8-12-19(15)17(3)22-20(23)21-16(2)13-14-18-10-5-4-6-11-18/h4-12,16-17H,13-14H2,1-3H3,(H2,21,22,23)/t16-,17-/m1/s1. The van der Waals surface area contributed by atoms with Crippen LogP contribution in [0.3, 0.4) is 0 Å². The fraction of sp³-hybridized carbons (Fsp3) is 0.350. The molecule has 2 N–H and O–H groups in total. The molecule has 0 unspecified atom stereocenters. The third-order valence-corrected chi connectivity index (χ3v) is 4.09. The number of hydrogen-bond donors (Lipinski definition) is 2. The zero-order valence-corrected chi connectivity index (χ0v) is 14.2. The van der Waals surface area contributed by atoms with E-state index in [4.69, 9.17) is 0 Å². The third kappa shape index (κ3) is 5.44. The Morgan fingerprint density at radius 2 is 1.61 bits per heavy atom. The molecule has 2 atom stereocenters. The number of amides is 2. The number of urea groups is 1. The molecular weight excluding hydrogens is 284 g/mol. The first-order valence-corrected chi connectivity index (χ1v) is 8.22. The van der Waals surface area contributed by atoms with Gasteiger partial charge in [-0.3, -0.25) is 0 Å². The van der Waals surface area contributed by atoms with Crippen LogP contribution < -0.4 is 10.6 Å². The van der Waals surface area contributed by atoms with Crippen molar-refractivity contribution in [1.82, 2.24) is 10.6 Å². The van der Waals surface area contributed by atoms with Gasteiger partial charge in [-0.15, -0.1) is 0 Å². The van der Waals surface area contributed by atoms with Crippen molar-refractivity contribution in [2.45, 2.75) is 45.7 Å². The molecule has 2 rings (SSSR count). The van der Waals surface area contributed by atoms with Crippen LogP contribution in [0.15, 0.2) is 54.6 Å². The first kappa shape index (κ1) is 17.1. The fourth-order valence-corrected chi connectivity index (χ4v) is 2.71. The van der Waals surface area contributed by atoms with Crippen molar-refractivity contribution >= 4 is 6.03 Å². The van der Waals surface area contributed by atoms with Crippen LogP contribution in [0.2, 0.25) is 0 Å². The maximum Gasteiger partial charge on any atom is 0.315 e. The van der Waals surface area contributed by atoms with E-state index in [0.717, 1.165) is 18.4 Å². The maximum absolute atomic E-state index is 12.1. The number of nitrogens with one attached hydrogen (secondary N) is 2. The number of hydrogen-bond acceptors (Lipinski definition) is 1. The van der Waals surface area contributed by atoms with E-state index < -0.39 is 0 Å². The lowest BCUT2D eigenvalue weighted by atomic mass is 10.0. The Bertz CT molecular complexity index is 625. The number of carbonyl (C=O) groups is 1. The number of rotatable bonds is 6. The lowest BCUT2D eigenvalue weighted by molar-refractivity contribution is 0.234. The highest BCUT2D eigenvalue weighted by Gasteiger charge is 2.13. The van der Waals surface area contributed by atoms with Gasteiger partial charge in [-0.05, 0) is 50.3 Å². The first-order chi connectivity index (χ1) is 11.1. The monoisotopic (exact) mass is 310 g/mol. The normalized spacial score (nSPS) is 13.2. The van der Waals surface area contributed by atoms with Crippen molar-refractivity contribution in [2.75, 3.05) is 0 Å². The zero-order chi connectivity index (χ0) is 16.7. The summed E-state index contributed by atoms with van der Waals surface area (Å²) in [6.07, 6.45) is 1.89. The number of aryl methyl sites for hydroxylation is 2. The van der Waals surface area contributed by atoms with Gasteiger partial charge in [0.15, 0.2) is 0 Å². The molecule has 0 aliphatic carbocycles. The summed E-state index contributed by atoms with van der Waals surface area (Å²) in [7, 11) is 0. The van der Waals surface area contributed by atoms with Gasteiger partial charge in [0.05, 0.1) is 6.04 Å². The fourth-order valence-electron chi connectivity index (χ4n) is 2.71. The molecular formula is C20H26N2O. The van der Waals surface area contributed by atoms with Gasteiger partial charge in [-0.1, -0.05) is 54.6 Å². The quantitative estimate of drug-likeness (QED) is 0.817. The predicted molar refractivity (Wildman–Crippen MR) is 95.5 cm³/mol. The Hall–Kier alpha value is -2.29. The second-order valence-electron chi connectivity index (χ2n) is 6.12. The van der Waals surface area contributed by atoms with E-state index in [1.165, 1.54) is 11.1 Å². The highest BCUT2D eigenvalue weighted by molar-refractivity contribution is 5.74. The highest BCUT2D eigenvalue weighted by atomic mass is 16.2. The van der Waals surface area contributed by atoms with E-state index in [-0.39, 0.29) is 18.1 Å². The van der Waals surface area contributed by atoms with Crippen molar-refractivity contribution in [3.63, 3.8) is 0 Å². The SMILES string of the molecule is Cc1ccccc1[C@@H](C)NC(=O)N[C@H](C)CCc1ccccc1. The van der Waals surface area contributed by atoms with Gasteiger partial charge in [0, 0.05) is 6.04 Å². The summed E-state index contributed by atoms with van der Waals surface area (Å²) in [5, 5.41) is 6.04. The van der Waals surface area contributed by atoms with Gasteiger partial charge in [0.1, 0.15) is 0 Å². The summed E-state index contributed by atoms with van der Waals surface area (Å²) in [5.74, 6) is 0. The van der Waals surface area contributed by atoms with Gasteiger partial charge in [0.2, 0.25) is 0 Å². The van der Waals surface area contributed by atoms with Crippen LogP contribution in [-0.2, 0) is 6.42 Å². The second-order valence-corrected chi connectivity index (χ2v) is 6.12. The molecule has 0 radical (unpaired) electrons. The Kier molecular flexibility index (Phi) is 6.21. The second kappa shape index (κ2) is 8.37. The van der Waals surface area contributed by atoms with Gasteiger partial charge < -0.3 is 10.6 Å². The Balaban J connectivity index is 1.79. The van der Waals surface area contributed by atoms with Crippen LogP contribution in [0, 0.1) is 6.92 Å². The average molecular weight is 310 g/mol. The smallest absolute Gasteiger partial charge is 0.315 e. The summed E-state index contributed by atoms with van der Waals surface area (Å²) in [6, 6.07) is 18.5. The third-order valence-electron chi connectivity index (χ3n) is 4.09. The summed E-state index contributed by atoms with van der Waals surface area (Å²) in [5.41, 5.74) is 3.65. The molecule has 0 heterocycles. The minimum Gasteiger partial charge on any atom is -0.336 e. The van der Waals surface area contributed by atoms with Gasteiger partial charge >= 0.3 is 6.03 Å². The van der Waals surface area contributed by atoms with Crippen LogP contribution in [0.4, 0.5) is 4.79 Å². The highest BCUT2D eigenvalue weighted by Crippen LogP contribution is 2.16. The molecule has 23 heavy (non-hydrogen) atoms. The van der Waals surface area contributed by atoms with E-state index >= 15 is 0 Å². The minimum atomic E-state index is -0.110. The molecule has 122 valence electrons. The molecule has 0 aromatic heterocycles. The topological polar surface area (TPSA) is 41.1 Å². The van der Waals surface area contributed by atoms with Crippen molar-refractivity contribution < 1.29 is 4.79 Å². The van der Waals surface area contributed by atoms with E-state index in [1.54, 1.807) is 0 Å². The van der Waals surface area contributed by atoms with Crippen molar-refractivity contribution in [3.8, 4) is 0 Å². The van der Waals surface area contributed by atoms with Crippen molar-refractivity contribution in [2.24, 2.45) is 0 Å². The summed E-state index contributed by atoms with van der Waals surface area (Å²) in [6.45, 7) is 6.12. The molecule has 3 nitrogen and oxygen atoms in total. The molecule has 3 heteroatoms. The molecule has 0 saturated carbocycles. The summed E-state index contributed by atoms with van der Waals surface area (Å²) >= 11 is 0. The molecule has 0 bridgehead atoms. The average Bonchev–Trinajstić information content (AvgIpc) is 2.54. The van der Waals surface area contributed by atoms with Crippen molar-refractivity contribution in [3.05, 3.63) is 71.3 Å². The Morgan fingerprint density at radius 3 is 2.30 bits per heavy atom. The van der Waals surface area contributed by atoms with Gasteiger partial charge in [-0.25, -0.2) is 4.79 Å². The Labute approximate surface area is 139 Å². The van der Waals surface area contributed by atoms with Crippen molar-refractivity contribution in [1.29, 1.82) is 0 Å². The van der Waals surface area contributed by atoms with E-state index in [9.17, 15) is 4.79 Å². The summed E-state index contributed by atoms with van der Waals surface area (Å²) in [4.78, 5) is 12.1. The van der Waals surface area contributed by atoms with E-state index in [0.29, 0.717) is 0 Å². The lowest BCUT2D eigenvalue weighted by Crippen LogP contribution is -2.42. The lowest BCUT2D eigenvalue weighted by Gasteiger charge is -2.19. The van der Waals surface area contributed by atoms with Crippen LogP contribution in [0.1, 0.15) is 43.0 Å². The van der Waals surface area contributed by atoms with Crippen LogP contribution in [0.5, 0.6) is 0 Å². The molecule has 0 spiro atoms. The number of carbonyl (C=O) groups excluding carboxylic acids is 1. The largest absolute Gasteiger partial charge is 0.336 e. The van der Waals surface area contributed by atoms with Gasteiger partial charge in [0.25, 0.3) is 0 Å². The molecule has 2 amide bonds. The van der Waals surface area contributed by atoms with Crippen LogP contribution in [0.25, 0.3) is 0 Å². The molecule has 2 aromatic rings. The zero-order valence-electron chi connectivity index (χ0n) is 14.2. The minimum absolute atomic E-state index is 0.00229. The molecule has 0 fully saturated rings. The van der Waals surface area contributed by atoms with E-state index in [1.807, 2.05) is 44.2 Å². The molecule has 0 saturated heterocycles. The first-order valence-electron chi connectivity index (χ1n) is 8.22. The van der Waals surface area contributed by atoms with E-state index in [2.05, 4.69) is 41.8 Å².